The van der Waals surface area contributed by atoms with Crippen LogP contribution in [0, 0.1) is 6.92 Å². The molecule has 35 heavy (non-hydrogen) atoms. The topological polar surface area (TPSA) is 101 Å². The normalized spacial score (nSPS) is 17.1. The van der Waals surface area contributed by atoms with Gasteiger partial charge in [0.1, 0.15) is 0 Å². The Morgan fingerprint density at radius 2 is 1.29 bits per heavy atom. The van der Waals surface area contributed by atoms with E-state index in [1.165, 1.54) is 38.5 Å². The number of carbonyl (C=O) groups excluding carboxylic acids is 2. The molecule has 2 saturated carbocycles. The largest absolute Gasteiger partial charge is 0.378 e. The van der Waals surface area contributed by atoms with Gasteiger partial charge < -0.3 is 30.7 Å². The molecule has 4 amide bonds. The van der Waals surface area contributed by atoms with Crippen molar-refractivity contribution in [3.8, 4) is 0 Å². The summed E-state index contributed by atoms with van der Waals surface area (Å²) >= 11 is 0. The minimum Gasteiger partial charge on any atom is -0.378 e. The number of rotatable bonds is 12. The second-order valence-electron chi connectivity index (χ2n) is 9.76. The van der Waals surface area contributed by atoms with Crippen molar-refractivity contribution in [2.24, 2.45) is 0 Å². The van der Waals surface area contributed by atoms with E-state index in [0.29, 0.717) is 49.9 Å². The lowest BCUT2D eigenvalue weighted by molar-refractivity contribution is 0.0274. The first-order valence-corrected chi connectivity index (χ1v) is 13.5. The molecule has 196 valence electrons. The number of ether oxygens (including phenoxy) is 2. The molecule has 0 aliphatic heterocycles. The molecule has 2 aliphatic rings. The van der Waals surface area contributed by atoms with Crippen LogP contribution in [0.5, 0.6) is 0 Å². The quantitative estimate of drug-likeness (QED) is 0.283. The Balaban J connectivity index is 1.29. The zero-order chi connectivity index (χ0) is 24.7. The first-order chi connectivity index (χ1) is 17.1. The summed E-state index contributed by atoms with van der Waals surface area (Å²) in [5, 5.41) is 11.5. The molecule has 0 bridgehead atoms. The zero-order valence-electron chi connectivity index (χ0n) is 21.3. The van der Waals surface area contributed by atoms with Crippen molar-refractivity contribution in [3.05, 3.63) is 23.8 Å². The summed E-state index contributed by atoms with van der Waals surface area (Å²) in [6, 6.07) is 4.95. The number of amides is 4. The predicted octanol–water partition coefficient (Wildman–Crippen LogP) is 5.72. The highest BCUT2D eigenvalue weighted by Crippen LogP contribution is 2.22. The van der Waals surface area contributed by atoms with E-state index in [1.807, 2.05) is 19.1 Å². The third-order valence-corrected chi connectivity index (χ3v) is 6.77. The van der Waals surface area contributed by atoms with E-state index in [-0.39, 0.29) is 12.1 Å². The van der Waals surface area contributed by atoms with Crippen LogP contribution in [0.2, 0.25) is 0 Å². The first kappa shape index (κ1) is 27.3. The average molecular weight is 489 g/mol. The molecule has 8 nitrogen and oxygen atoms in total. The summed E-state index contributed by atoms with van der Waals surface area (Å²) in [7, 11) is 0. The molecule has 1 aromatic carbocycles. The Morgan fingerprint density at radius 3 is 1.83 bits per heavy atom. The van der Waals surface area contributed by atoms with Crippen LogP contribution >= 0.6 is 0 Å². The van der Waals surface area contributed by atoms with E-state index in [0.717, 1.165) is 44.1 Å². The second-order valence-corrected chi connectivity index (χ2v) is 9.76. The van der Waals surface area contributed by atoms with Gasteiger partial charge in [0.25, 0.3) is 0 Å². The van der Waals surface area contributed by atoms with Crippen LogP contribution < -0.4 is 21.3 Å². The van der Waals surface area contributed by atoms with Gasteiger partial charge in [-0.2, -0.15) is 0 Å². The highest BCUT2D eigenvalue weighted by Gasteiger charge is 2.14. The Labute approximate surface area is 210 Å². The van der Waals surface area contributed by atoms with Gasteiger partial charge in [-0.25, -0.2) is 9.59 Å². The van der Waals surface area contributed by atoms with Crippen LogP contribution in [0.25, 0.3) is 0 Å². The van der Waals surface area contributed by atoms with Gasteiger partial charge in [-0.05, 0) is 63.1 Å². The molecule has 2 aliphatic carbocycles. The Morgan fingerprint density at radius 1 is 0.771 bits per heavy atom. The van der Waals surface area contributed by atoms with Crippen LogP contribution in [0.3, 0.4) is 0 Å². The van der Waals surface area contributed by atoms with Crippen LogP contribution in [0.4, 0.5) is 21.0 Å². The van der Waals surface area contributed by atoms with Crippen molar-refractivity contribution in [3.63, 3.8) is 0 Å². The van der Waals surface area contributed by atoms with Crippen molar-refractivity contribution in [2.75, 3.05) is 36.9 Å². The summed E-state index contributed by atoms with van der Waals surface area (Å²) in [5.41, 5.74) is 2.22. The first-order valence-electron chi connectivity index (χ1n) is 13.5. The van der Waals surface area contributed by atoms with Gasteiger partial charge in [0.2, 0.25) is 0 Å². The minimum absolute atomic E-state index is 0.259. The van der Waals surface area contributed by atoms with E-state index in [4.69, 9.17) is 9.47 Å². The van der Waals surface area contributed by atoms with E-state index in [1.54, 1.807) is 6.07 Å². The molecule has 0 atom stereocenters. The molecular weight excluding hydrogens is 444 g/mol. The van der Waals surface area contributed by atoms with Crippen molar-refractivity contribution >= 4 is 23.4 Å². The van der Waals surface area contributed by atoms with Gasteiger partial charge in [-0.3, -0.25) is 0 Å². The summed E-state index contributed by atoms with van der Waals surface area (Å²) in [6.07, 6.45) is 14.7. The number of nitrogens with one attached hydrogen (secondary N) is 4. The number of benzene rings is 1. The summed E-state index contributed by atoms with van der Waals surface area (Å²) in [4.78, 5) is 24.5. The van der Waals surface area contributed by atoms with E-state index < -0.39 is 0 Å². The molecule has 0 aromatic heterocycles. The second kappa shape index (κ2) is 15.6. The number of aryl methyl sites for hydroxylation is 1. The maximum Gasteiger partial charge on any atom is 0.319 e. The van der Waals surface area contributed by atoms with Gasteiger partial charge in [-0.15, -0.1) is 0 Å². The molecule has 0 spiro atoms. The van der Waals surface area contributed by atoms with E-state index >= 15 is 0 Å². The van der Waals surface area contributed by atoms with Gasteiger partial charge in [0.05, 0.1) is 12.2 Å². The monoisotopic (exact) mass is 488 g/mol. The number of carbonyl (C=O) groups is 2. The molecule has 0 radical (unpaired) electrons. The maximum atomic E-state index is 12.3. The molecular formula is C27H44N4O4. The highest BCUT2D eigenvalue weighted by molar-refractivity contribution is 5.93. The Kier molecular flexibility index (Phi) is 12.2. The molecule has 4 N–H and O–H groups in total. The van der Waals surface area contributed by atoms with Gasteiger partial charge in [0.15, 0.2) is 0 Å². The van der Waals surface area contributed by atoms with Gasteiger partial charge >= 0.3 is 12.1 Å². The van der Waals surface area contributed by atoms with Crippen LogP contribution in [0.15, 0.2) is 18.2 Å². The van der Waals surface area contributed by atoms with Gasteiger partial charge in [-0.1, -0.05) is 44.6 Å². The van der Waals surface area contributed by atoms with E-state index in [9.17, 15) is 9.59 Å². The minimum atomic E-state index is -0.264. The zero-order valence-corrected chi connectivity index (χ0v) is 21.3. The van der Waals surface area contributed by atoms with Crippen molar-refractivity contribution in [1.29, 1.82) is 0 Å². The number of urea groups is 2. The summed E-state index contributed by atoms with van der Waals surface area (Å²) in [5.74, 6) is 0. The van der Waals surface area contributed by atoms with E-state index in [2.05, 4.69) is 21.3 Å². The average Bonchev–Trinajstić information content (AvgIpc) is 2.87. The lowest BCUT2D eigenvalue weighted by atomic mass is 9.98. The lowest BCUT2D eigenvalue weighted by Crippen LogP contribution is -2.31. The van der Waals surface area contributed by atoms with Crippen LogP contribution in [0.1, 0.15) is 82.6 Å². The standard InChI is InChI=1S/C27H44N4O4/c1-21-14-15-22(30-26(32)28-16-8-18-34-23-10-4-2-5-11-23)20-25(21)31-27(33)29-17-9-19-35-24-12-6-3-7-13-24/h14-15,20,23-24H,2-13,16-19H2,1H3,(H2,28,30,32)(H2,29,31,33). The fraction of sp³-hybridized carbons (Fsp3) is 0.704. The fourth-order valence-corrected chi connectivity index (χ4v) is 4.69. The third-order valence-electron chi connectivity index (χ3n) is 6.77. The molecule has 2 fully saturated rings. The van der Waals surface area contributed by atoms with Gasteiger partial charge in [0, 0.05) is 37.7 Å². The smallest absolute Gasteiger partial charge is 0.319 e. The predicted molar refractivity (Wildman–Crippen MR) is 140 cm³/mol. The fourth-order valence-electron chi connectivity index (χ4n) is 4.69. The van der Waals surface area contributed by atoms with Crippen molar-refractivity contribution in [1.82, 2.24) is 10.6 Å². The van der Waals surface area contributed by atoms with Crippen LogP contribution in [-0.2, 0) is 9.47 Å². The van der Waals surface area contributed by atoms with Crippen molar-refractivity contribution < 1.29 is 19.1 Å². The van der Waals surface area contributed by atoms with Crippen LogP contribution in [-0.4, -0.2) is 50.6 Å². The number of hydrogen-bond acceptors (Lipinski definition) is 4. The lowest BCUT2D eigenvalue weighted by Gasteiger charge is -2.22. The number of hydrogen-bond donors (Lipinski definition) is 4. The highest BCUT2D eigenvalue weighted by atomic mass is 16.5. The summed E-state index contributed by atoms with van der Waals surface area (Å²) < 4.78 is 11.8. The molecule has 0 saturated heterocycles. The third kappa shape index (κ3) is 10.9. The Hall–Kier alpha value is -2.32. The number of anilines is 2. The SMILES string of the molecule is Cc1ccc(NC(=O)NCCCOC2CCCCC2)cc1NC(=O)NCCCOC1CCCCC1. The summed E-state index contributed by atoms with van der Waals surface area (Å²) in [6.45, 7) is 4.38. The molecule has 0 unspecified atom stereocenters. The van der Waals surface area contributed by atoms with Crippen molar-refractivity contribution in [2.45, 2.75) is 96.2 Å². The Bertz CT molecular complexity index is 776. The molecule has 3 rings (SSSR count). The maximum absolute atomic E-state index is 12.3. The molecule has 1 aromatic rings. The molecule has 0 heterocycles. The molecule has 8 heteroatoms.